The first-order chi connectivity index (χ1) is 10.3. The number of rotatable bonds is 3. The fourth-order valence-electron chi connectivity index (χ4n) is 2.63. The maximum atomic E-state index is 12.6. The Kier molecular flexibility index (Phi) is 2.89. The van der Waals surface area contributed by atoms with Gasteiger partial charge in [-0.05, 0) is 36.4 Å². The van der Waals surface area contributed by atoms with Crippen molar-refractivity contribution in [3.05, 3.63) is 40.6 Å². The number of benzene rings is 1. The Labute approximate surface area is 126 Å². The van der Waals surface area contributed by atoms with Gasteiger partial charge in [0, 0.05) is 16.6 Å². The zero-order chi connectivity index (χ0) is 14.3. The summed E-state index contributed by atoms with van der Waals surface area (Å²) < 4.78 is 11.0. The molecule has 0 unspecified atom stereocenters. The number of hydrogen-bond acceptors (Lipinski definition) is 4. The first kappa shape index (κ1) is 12.7. The van der Waals surface area contributed by atoms with Crippen molar-refractivity contribution in [1.82, 2.24) is 0 Å². The van der Waals surface area contributed by atoms with Crippen LogP contribution in [0.15, 0.2) is 35.7 Å². The van der Waals surface area contributed by atoms with E-state index in [1.165, 1.54) is 0 Å². The number of fused-ring (bicyclic) bond motifs is 1. The highest BCUT2D eigenvalue weighted by atomic mass is 32.1. The maximum Gasteiger partial charge on any atom is 0.235 e. The van der Waals surface area contributed by atoms with E-state index in [1.54, 1.807) is 11.3 Å². The molecule has 4 nitrogen and oxygen atoms in total. The van der Waals surface area contributed by atoms with Gasteiger partial charge in [0.2, 0.25) is 5.91 Å². The monoisotopic (exact) mass is 301 g/mol. The van der Waals surface area contributed by atoms with E-state index in [9.17, 15) is 4.79 Å². The molecule has 1 saturated carbocycles. The Hall–Kier alpha value is -2.01. The Morgan fingerprint density at radius 3 is 2.67 bits per heavy atom. The summed E-state index contributed by atoms with van der Waals surface area (Å²) in [4.78, 5) is 13.7. The summed E-state index contributed by atoms with van der Waals surface area (Å²) in [6, 6.07) is 9.57. The molecule has 0 saturated heterocycles. The van der Waals surface area contributed by atoms with E-state index in [0.29, 0.717) is 19.0 Å². The summed E-state index contributed by atoms with van der Waals surface area (Å²) in [5.41, 5.74) is 0.439. The van der Waals surface area contributed by atoms with E-state index >= 15 is 0 Å². The van der Waals surface area contributed by atoms with Crippen LogP contribution in [0, 0.1) is 0 Å². The molecule has 0 atom stereocenters. The van der Waals surface area contributed by atoms with E-state index in [1.807, 2.05) is 35.7 Å². The van der Waals surface area contributed by atoms with Gasteiger partial charge in [-0.25, -0.2) is 0 Å². The van der Waals surface area contributed by atoms with E-state index in [-0.39, 0.29) is 11.3 Å². The van der Waals surface area contributed by atoms with Crippen LogP contribution in [0.3, 0.4) is 0 Å². The third-order valence-electron chi connectivity index (χ3n) is 3.98. The van der Waals surface area contributed by atoms with E-state index in [0.717, 1.165) is 29.2 Å². The molecule has 0 bridgehead atoms. The Bertz CT molecular complexity index is 677. The number of carbonyl (C=O) groups is 1. The molecule has 1 N–H and O–H groups in total. The predicted molar refractivity (Wildman–Crippen MR) is 81.3 cm³/mol. The van der Waals surface area contributed by atoms with Gasteiger partial charge in [-0.15, -0.1) is 11.3 Å². The molecule has 108 valence electrons. The smallest absolute Gasteiger partial charge is 0.235 e. The molecule has 1 aliphatic carbocycles. The number of ether oxygens (including phenoxy) is 2. The molecule has 2 heterocycles. The summed E-state index contributed by atoms with van der Waals surface area (Å²) in [7, 11) is 0. The number of anilines is 1. The fourth-order valence-corrected chi connectivity index (χ4v) is 3.62. The second-order valence-corrected chi connectivity index (χ2v) is 6.32. The van der Waals surface area contributed by atoms with Crippen LogP contribution in [-0.2, 0) is 10.2 Å². The summed E-state index contributed by atoms with van der Waals surface area (Å²) in [5, 5.41) is 5.04. The van der Waals surface area contributed by atoms with Gasteiger partial charge >= 0.3 is 0 Å². The average molecular weight is 301 g/mol. The molecule has 1 aromatic carbocycles. The molecule has 0 spiro atoms. The lowest BCUT2D eigenvalue weighted by Crippen LogP contribution is -2.27. The van der Waals surface area contributed by atoms with Gasteiger partial charge in [0.15, 0.2) is 11.5 Å². The van der Waals surface area contributed by atoms with Crippen LogP contribution in [0.2, 0.25) is 0 Å². The average Bonchev–Trinajstić information content (AvgIpc) is 3.14. The zero-order valence-corrected chi connectivity index (χ0v) is 12.2. The van der Waals surface area contributed by atoms with Gasteiger partial charge in [0.05, 0.1) is 5.41 Å². The molecule has 1 amide bonds. The predicted octanol–water partition coefficient (Wildman–Crippen LogP) is 3.19. The molecule has 4 rings (SSSR count). The van der Waals surface area contributed by atoms with Gasteiger partial charge in [-0.1, -0.05) is 6.07 Å². The topological polar surface area (TPSA) is 47.6 Å². The Balaban J connectivity index is 1.55. The van der Waals surface area contributed by atoms with Crippen LogP contribution in [0.5, 0.6) is 11.5 Å². The zero-order valence-electron chi connectivity index (χ0n) is 11.4. The standard InChI is InChI=1S/C16H15NO3S/c18-15(16(5-6-16)14-2-1-9-21-14)17-11-3-4-12-13(10-11)20-8-7-19-12/h1-4,9-10H,5-8H2,(H,17,18). The highest BCUT2D eigenvalue weighted by Crippen LogP contribution is 2.50. The minimum Gasteiger partial charge on any atom is -0.486 e. The minimum atomic E-state index is -0.318. The second kappa shape index (κ2) is 4.77. The van der Waals surface area contributed by atoms with Gasteiger partial charge in [-0.3, -0.25) is 4.79 Å². The Morgan fingerprint density at radius 1 is 1.14 bits per heavy atom. The van der Waals surface area contributed by atoms with E-state index < -0.39 is 0 Å². The van der Waals surface area contributed by atoms with Crippen molar-refractivity contribution in [2.24, 2.45) is 0 Å². The molecule has 21 heavy (non-hydrogen) atoms. The number of nitrogens with one attached hydrogen (secondary N) is 1. The van der Waals surface area contributed by atoms with E-state index in [4.69, 9.17) is 9.47 Å². The van der Waals surface area contributed by atoms with Crippen molar-refractivity contribution >= 4 is 22.9 Å². The molecule has 0 radical (unpaired) electrons. The summed E-state index contributed by atoms with van der Waals surface area (Å²) in [6.45, 7) is 1.11. The van der Waals surface area contributed by atoms with Crippen LogP contribution in [0.4, 0.5) is 5.69 Å². The SMILES string of the molecule is O=C(Nc1ccc2c(c1)OCCO2)C1(c2cccs2)CC1. The number of hydrogen-bond donors (Lipinski definition) is 1. The summed E-state index contributed by atoms with van der Waals surface area (Å²) in [5.74, 6) is 1.50. The molecule has 1 aromatic heterocycles. The third kappa shape index (κ3) is 2.17. The largest absolute Gasteiger partial charge is 0.486 e. The molecule has 2 aromatic rings. The molecule has 1 fully saturated rings. The number of amides is 1. The molecule has 5 heteroatoms. The van der Waals surface area contributed by atoms with Crippen LogP contribution >= 0.6 is 11.3 Å². The van der Waals surface area contributed by atoms with Gasteiger partial charge in [0.25, 0.3) is 0 Å². The van der Waals surface area contributed by atoms with Gasteiger partial charge < -0.3 is 14.8 Å². The van der Waals surface area contributed by atoms with E-state index in [2.05, 4.69) is 5.32 Å². The van der Waals surface area contributed by atoms with Crippen molar-refractivity contribution in [3.63, 3.8) is 0 Å². The van der Waals surface area contributed by atoms with Crippen molar-refractivity contribution in [2.75, 3.05) is 18.5 Å². The second-order valence-electron chi connectivity index (χ2n) is 5.37. The van der Waals surface area contributed by atoms with Crippen LogP contribution < -0.4 is 14.8 Å². The Morgan fingerprint density at radius 2 is 1.95 bits per heavy atom. The summed E-state index contributed by atoms with van der Waals surface area (Å²) in [6.07, 6.45) is 1.84. The first-order valence-corrected chi connectivity index (χ1v) is 7.91. The van der Waals surface area contributed by atoms with Crippen LogP contribution in [0.1, 0.15) is 17.7 Å². The maximum absolute atomic E-state index is 12.6. The van der Waals surface area contributed by atoms with Crippen molar-refractivity contribution in [2.45, 2.75) is 18.3 Å². The van der Waals surface area contributed by atoms with Gasteiger partial charge in [-0.2, -0.15) is 0 Å². The normalized spacial score (nSPS) is 18.1. The number of carbonyl (C=O) groups excluding carboxylic acids is 1. The quantitative estimate of drug-likeness (QED) is 0.947. The molecular formula is C16H15NO3S. The summed E-state index contributed by atoms with van der Waals surface area (Å²) >= 11 is 1.65. The highest BCUT2D eigenvalue weighted by molar-refractivity contribution is 7.10. The lowest BCUT2D eigenvalue weighted by molar-refractivity contribution is -0.118. The van der Waals surface area contributed by atoms with Gasteiger partial charge in [0.1, 0.15) is 13.2 Å². The lowest BCUT2D eigenvalue weighted by atomic mass is 10.0. The van der Waals surface area contributed by atoms with Crippen LogP contribution in [-0.4, -0.2) is 19.1 Å². The molecular weight excluding hydrogens is 286 g/mol. The highest BCUT2D eigenvalue weighted by Gasteiger charge is 2.52. The first-order valence-electron chi connectivity index (χ1n) is 7.03. The van der Waals surface area contributed by atoms with Crippen molar-refractivity contribution < 1.29 is 14.3 Å². The van der Waals surface area contributed by atoms with Crippen LogP contribution in [0.25, 0.3) is 0 Å². The lowest BCUT2D eigenvalue weighted by Gasteiger charge is -2.20. The minimum absolute atomic E-state index is 0.0710. The molecule has 2 aliphatic rings. The van der Waals surface area contributed by atoms with Crippen molar-refractivity contribution in [3.8, 4) is 11.5 Å². The number of thiophene rings is 1. The fraction of sp³-hybridized carbons (Fsp3) is 0.312. The van der Waals surface area contributed by atoms with Crippen molar-refractivity contribution in [1.29, 1.82) is 0 Å². The molecule has 1 aliphatic heterocycles. The third-order valence-corrected chi connectivity index (χ3v) is 5.05.